The minimum Gasteiger partial charge on any atom is -0.494 e. The van der Waals surface area contributed by atoms with Gasteiger partial charge < -0.3 is 44.9 Å². The Morgan fingerprint density at radius 1 is 0.812 bits per heavy atom. The van der Waals surface area contributed by atoms with Gasteiger partial charge in [0.25, 0.3) is 0 Å². The lowest BCUT2D eigenvalue weighted by Gasteiger charge is -2.35. The van der Waals surface area contributed by atoms with Crippen LogP contribution in [0.25, 0.3) is 15.4 Å². The number of rotatable bonds is 26. The van der Waals surface area contributed by atoms with Crippen LogP contribution in [0.2, 0.25) is 5.02 Å². The maximum absolute atomic E-state index is 14.0. The predicted molar refractivity (Wildman–Crippen MR) is 311 cm³/mol. The summed E-state index contributed by atoms with van der Waals surface area (Å²) in [6, 6.07) is 20.4. The SMILES string of the molecule is Cc1ncsc1-c1ccc(CNC(=O)[C@@H]2C[C@@H](O)CN2C(=O)[C@@H](NC(=O)COCCCOCCCCOCCCOc2ccc(NC(=O)C[C@@H]3N=C(c4ccc(Cl)cc4)c4c(sc(C)c4C)-n4c(C)nnc43)cc2)C(C)(C)C)cc1. The third-order valence-electron chi connectivity index (χ3n) is 13.9. The Labute approximate surface area is 480 Å². The number of aliphatic hydroxyl groups is 1. The average molecular weight is 1150 g/mol. The van der Waals surface area contributed by atoms with Gasteiger partial charge in [0.05, 0.1) is 40.9 Å². The quantitative estimate of drug-likeness (QED) is 0.0374. The van der Waals surface area contributed by atoms with Gasteiger partial charge in [0, 0.05) is 85.7 Å². The van der Waals surface area contributed by atoms with Gasteiger partial charge in [-0.05, 0) is 105 Å². The van der Waals surface area contributed by atoms with E-state index in [-0.39, 0.29) is 44.4 Å². The van der Waals surface area contributed by atoms with E-state index in [1.54, 1.807) is 22.7 Å². The molecule has 4 amide bonds. The molecular formula is C59H72ClN9O9S2. The van der Waals surface area contributed by atoms with Crippen LogP contribution in [0.15, 0.2) is 83.3 Å². The zero-order chi connectivity index (χ0) is 56.9. The van der Waals surface area contributed by atoms with E-state index in [1.165, 1.54) is 9.78 Å². The lowest BCUT2D eigenvalue weighted by atomic mass is 9.85. The van der Waals surface area contributed by atoms with E-state index in [2.05, 4.69) is 45.0 Å². The predicted octanol–water partition coefficient (Wildman–Crippen LogP) is 9.06. The number of aryl methyl sites for hydroxylation is 3. The first-order valence-corrected chi connectivity index (χ1v) is 29.2. The first-order chi connectivity index (χ1) is 38.4. The first-order valence-electron chi connectivity index (χ1n) is 27.1. The fourth-order valence-electron chi connectivity index (χ4n) is 9.53. The minimum absolute atomic E-state index is 0.00972. The largest absolute Gasteiger partial charge is 0.494 e. The number of hydrogen-bond donors (Lipinski definition) is 4. The van der Waals surface area contributed by atoms with Crippen molar-refractivity contribution >= 4 is 69.3 Å². The van der Waals surface area contributed by atoms with E-state index in [0.29, 0.717) is 74.8 Å². The molecule has 0 radical (unpaired) electrons. The highest BCUT2D eigenvalue weighted by atomic mass is 35.5. The molecule has 1 fully saturated rings. The van der Waals surface area contributed by atoms with Crippen molar-refractivity contribution in [2.45, 2.75) is 118 Å². The van der Waals surface area contributed by atoms with Crippen LogP contribution in [-0.2, 0) is 39.9 Å². The summed E-state index contributed by atoms with van der Waals surface area (Å²) in [6.07, 6.45) is 2.27. The molecule has 0 unspecified atom stereocenters. The van der Waals surface area contributed by atoms with E-state index >= 15 is 0 Å². The molecule has 2 aliphatic rings. The molecule has 426 valence electrons. The molecule has 5 heterocycles. The Morgan fingerprint density at radius 3 is 2.15 bits per heavy atom. The normalized spacial score (nSPS) is 16.3. The molecule has 1 saturated heterocycles. The monoisotopic (exact) mass is 1150 g/mol. The van der Waals surface area contributed by atoms with E-state index in [4.69, 9.17) is 35.5 Å². The van der Waals surface area contributed by atoms with Gasteiger partial charge in [-0.2, -0.15) is 0 Å². The smallest absolute Gasteiger partial charge is 0.246 e. The number of hydrogen-bond acceptors (Lipinski definition) is 15. The number of carbonyl (C=O) groups excluding carboxylic acids is 4. The molecule has 18 nitrogen and oxygen atoms in total. The van der Waals surface area contributed by atoms with Crippen LogP contribution in [-0.4, -0.2) is 130 Å². The van der Waals surface area contributed by atoms with Gasteiger partial charge in [0.2, 0.25) is 23.6 Å². The van der Waals surface area contributed by atoms with Gasteiger partial charge in [0.15, 0.2) is 5.82 Å². The molecule has 3 aromatic carbocycles. The van der Waals surface area contributed by atoms with Crippen molar-refractivity contribution in [1.82, 2.24) is 35.3 Å². The van der Waals surface area contributed by atoms with Crippen molar-refractivity contribution in [3.05, 3.63) is 128 Å². The Hall–Kier alpha value is -6.39. The number of nitrogens with zero attached hydrogens (tertiary/aromatic N) is 6. The number of benzene rings is 3. The summed E-state index contributed by atoms with van der Waals surface area (Å²) in [7, 11) is 0. The first kappa shape index (κ1) is 59.7. The number of fused-ring (bicyclic) bond motifs is 3. The van der Waals surface area contributed by atoms with E-state index in [9.17, 15) is 24.3 Å². The number of anilines is 1. The van der Waals surface area contributed by atoms with Crippen molar-refractivity contribution in [1.29, 1.82) is 0 Å². The fraction of sp³-hybridized carbons (Fsp3) is 0.458. The van der Waals surface area contributed by atoms with Crippen molar-refractivity contribution in [3.8, 4) is 21.2 Å². The number of nitrogens with one attached hydrogen (secondary N) is 3. The van der Waals surface area contributed by atoms with Gasteiger partial charge in [-0.15, -0.1) is 32.9 Å². The second-order valence-corrected chi connectivity index (χ2v) is 23.7. The summed E-state index contributed by atoms with van der Waals surface area (Å²) in [5.74, 6) is 0.578. The summed E-state index contributed by atoms with van der Waals surface area (Å²) >= 11 is 9.50. The number of aliphatic hydroxyl groups excluding tert-OH is 1. The van der Waals surface area contributed by atoms with Gasteiger partial charge >= 0.3 is 0 Å². The Kier molecular flexibility index (Phi) is 20.8. The van der Waals surface area contributed by atoms with Gasteiger partial charge in [-0.25, -0.2) is 4.98 Å². The summed E-state index contributed by atoms with van der Waals surface area (Å²) in [5.41, 5.74) is 8.51. The average Bonchev–Trinajstić information content (AvgIpc) is 4.21. The van der Waals surface area contributed by atoms with E-state index < -0.39 is 41.5 Å². The highest BCUT2D eigenvalue weighted by molar-refractivity contribution is 7.15. The number of carbonyl (C=O) groups is 4. The molecule has 8 rings (SSSR count). The number of β-amino-alcohol motifs (C(OH)–C–C–N with tert-alkyl or cyclic N) is 1. The Balaban J connectivity index is 0.662. The zero-order valence-electron chi connectivity index (χ0n) is 46.5. The second-order valence-electron chi connectivity index (χ2n) is 21.2. The van der Waals surface area contributed by atoms with Crippen molar-refractivity contribution in [2.75, 3.05) is 58.1 Å². The number of likely N-dealkylation sites (tertiary alicyclic amines) is 1. The zero-order valence-corrected chi connectivity index (χ0v) is 48.9. The molecule has 0 saturated carbocycles. The molecule has 80 heavy (non-hydrogen) atoms. The van der Waals surface area contributed by atoms with Crippen LogP contribution in [0.3, 0.4) is 0 Å². The van der Waals surface area contributed by atoms with Crippen LogP contribution in [0.4, 0.5) is 5.69 Å². The van der Waals surface area contributed by atoms with Crippen LogP contribution in [0.5, 0.6) is 5.75 Å². The van der Waals surface area contributed by atoms with Crippen LogP contribution >= 0.6 is 34.3 Å². The molecule has 0 bridgehead atoms. The number of unbranched alkanes of at least 4 members (excludes halogenated alkanes) is 1. The molecule has 2 aliphatic heterocycles. The van der Waals surface area contributed by atoms with Gasteiger partial charge in [0.1, 0.15) is 41.3 Å². The molecule has 0 aliphatic carbocycles. The number of aliphatic imine (C=N–C) groups is 1. The highest BCUT2D eigenvalue weighted by Gasteiger charge is 2.44. The minimum atomic E-state index is -0.950. The standard InChI is InChI=1S/C59H72ClN9O9S2/c1-36-38(3)80-58-51(36)52(41-16-18-43(60)19-17-41)64-47(55-67-66-39(4)69(55)58)31-49(71)63-44-20-22-46(23-21-44)78-29-11-27-76-25-9-8-24-75-26-10-28-77-34-50(72)65-54(59(5,6)7)57(74)68-33-45(70)30-48(68)56(73)61-32-40-12-14-42(15-13-40)53-37(2)62-35-79-53/h12-23,35,45,47-48,54,70H,8-11,24-34H2,1-7H3,(H,61,73)(H,63,71)(H,65,72)/t45-,47+,48+,54-/m1/s1. The topological polar surface area (TPSA) is 221 Å². The molecular weight excluding hydrogens is 1080 g/mol. The number of thiazole rings is 1. The van der Waals surface area contributed by atoms with Crippen molar-refractivity contribution in [2.24, 2.45) is 10.4 Å². The third kappa shape index (κ3) is 15.5. The summed E-state index contributed by atoms with van der Waals surface area (Å²) in [6.45, 7) is 16.6. The number of ether oxygens (including phenoxy) is 4. The highest BCUT2D eigenvalue weighted by Crippen LogP contribution is 2.40. The lowest BCUT2D eigenvalue weighted by molar-refractivity contribution is -0.144. The maximum Gasteiger partial charge on any atom is 0.246 e. The number of thiophene rings is 1. The van der Waals surface area contributed by atoms with E-state index in [1.807, 2.05) is 117 Å². The van der Waals surface area contributed by atoms with Crippen LogP contribution < -0.4 is 20.7 Å². The number of aromatic nitrogens is 4. The lowest BCUT2D eigenvalue weighted by Crippen LogP contribution is -2.58. The van der Waals surface area contributed by atoms with E-state index in [0.717, 1.165) is 67.8 Å². The number of amides is 4. The van der Waals surface area contributed by atoms with Gasteiger partial charge in [-0.3, -0.25) is 28.7 Å². The molecule has 21 heteroatoms. The molecule has 4 N–H and O–H groups in total. The maximum atomic E-state index is 14.0. The molecule has 4 atom stereocenters. The van der Waals surface area contributed by atoms with Crippen molar-refractivity contribution in [3.63, 3.8) is 0 Å². The third-order valence-corrected chi connectivity index (χ3v) is 16.3. The summed E-state index contributed by atoms with van der Waals surface area (Å²) < 4.78 is 25.1. The van der Waals surface area contributed by atoms with Crippen LogP contribution in [0.1, 0.15) is 110 Å². The molecule has 3 aromatic heterocycles. The van der Waals surface area contributed by atoms with Crippen molar-refractivity contribution < 1.29 is 43.2 Å². The fourth-order valence-corrected chi connectivity index (χ4v) is 11.7. The van der Waals surface area contributed by atoms with Gasteiger partial charge in [-0.1, -0.05) is 68.8 Å². The van der Waals surface area contributed by atoms with Crippen LogP contribution in [0, 0.1) is 33.1 Å². The second kappa shape index (κ2) is 27.9. The molecule has 6 aromatic rings. The Morgan fingerprint density at radius 2 is 1.48 bits per heavy atom. The summed E-state index contributed by atoms with van der Waals surface area (Å²) in [4.78, 5) is 67.2. The Bertz CT molecular complexity index is 3100. The molecule has 0 spiro atoms. The summed E-state index contributed by atoms with van der Waals surface area (Å²) in [5, 5.41) is 29.9. The number of halogens is 1.